The summed E-state index contributed by atoms with van der Waals surface area (Å²) in [5, 5.41) is 11.3. The van der Waals surface area contributed by atoms with Crippen molar-refractivity contribution >= 4 is 17.5 Å². The molecule has 0 radical (unpaired) electrons. The maximum atomic E-state index is 12.6. The Morgan fingerprint density at radius 3 is 2.64 bits per heavy atom. The van der Waals surface area contributed by atoms with Crippen LogP contribution in [0.2, 0.25) is 5.02 Å². The average Bonchev–Trinajstić information content (AvgIpc) is 3.07. The quantitative estimate of drug-likeness (QED) is 0.753. The van der Waals surface area contributed by atoms with Gasteiger partial charge >= 0.3 is 0 Å². The van der Waals surface area contributed by atoms with Crippen LogP contribution in [0.15, 0.2) is 39.4 Å². The molecule has 0 spiro atoms. The molecular formula is C17H15ClN4O3. The number of aromatic nitrogens is 3. The first-order valence-corrected chi connectivity index (χ1v) is 8.25. The van der Waals surface area contributed by atoms with Crippen molar-refractivity contribution in [1.82, 2.24) is 20.6 Å². The summed E-state index contributed by atoms with van der Waals surface area (Å²) in [5.41, 5.74) is 0.862. The molecule has 1 aliphatic rings. The molecule has 7 nitrogen and oxygen atoms in total. The number of carbonyl (C=O) groups excluding carboxylic acids is 1. The molecule has 1 fully saturated rings. The highest BCUT2D eigenvalue weighted by Crippen LogP contribution is 2.48. The van der Waals surface area contributed by atoms with E-state index >= 15 is 0 Å². The van der Waals surface area contributed by atoms with Gasteiger partial charge in [-0.05, 0) is 44.0 Å². The third-order valence-electron chi connectivity index (χ3n) is 4.28. The van der Waals surface area contributed by atoms with E-state index in [-0.39, 0.29) is 12.5 Å². The Labute approximate surface area is 148 Å². The average molecular weight is 359 g/mol. The van der Waals surface area contributed by atoms with Gasteiger partial charge in [0.2, 0.25) is 11.8 Å². The molecule has 2 heterocycles. The first-order chi connectivity index (χ1) is 12.1. The number of nitrogens with one attached hydrogen (secondary N) is 1. The van der Waals surface area contributed by atoms with Crippen molar-refractivity contribution in [3.05, 3.63) is 52.8 Å². The molecule has 0 unspecified atom stereocenters. The third kappa shape index (κ3) is 3.02. The standard InChI is InChI=1S/C17H15ClN4O3/c1-10-20-15(25-21-10)9-19-16(23)17(6-7-17)14-8-13(24-22-14)11-2-4-12(18)5-3-11/h2-5,8H,6-7,9H2,1H3,(H,19,23). The fourth-order valence-electron chi connectivity index (χ4n) is 2.71. The van der Waals surface area contributed by atoms with Crippen molar-refractivity contribution in [3.63, 3.8) is 0 Å². The van der Waals surface area contributed by atoms with Crippen LogP contribution in [0.3, 0.4) is 0 Å². The van der Waals surface area contributed by atoms with E-state index in [1.165, 1.54) is 0 Å². The van der Waals surface area contributed by atoms with E-state index in [0.717, 1.165) is 18.4 Å². The maximum Gasteiger partial charge on any atom is 0.246 e. The lowest BCUT2D eigenvalue weighted by Crippen LogP contribution is -2.34. The molecule has 0 saturated heterocycles. The van der Waals surface area contributed by atoms with Crippen LogP contribution in [-0.4, -0.2) is 21.2 Å². The monoisotopic (exact) mass is 358 g/mol. The van der Waals surface area contributed by atoms with E-state index in [0.29, 0.717) is 28.2 Å². The molecule has 4 rings (SSSR count). The SMILES string of the molecule is Cc1noc(CNC(=O)C2(c3cc(-c4ccc(Cl)cc4)on3)CC2)n1. The van der Waals surface area contributed by atoms with E-state index in [1.807, 2.05) is 18.2 Å². The van der Waals surface area contributed by atoms with Gasteiger partial charge in [-0.25, -0.2) is 0 Å². The second-order valence-corrected chi connectivity index (χ2v) is 6.52. The van der Waals surface area contributed by atoms with Crippen LogP contribution < -0.4 is 5.32 Å². The zero-order chi connectivity index (χ0) is 17.4. The minimum Gasteiger partial charge on any atom is -0.356 e. The fourth-order valence-corrected chi connectivity index (χ4v) is 2.84. The number of hydrogen-bond acceptors (Lipinski definition) is 6. The van der Waals surface area contributed by atoms with Gasteiger partial charge < -0.3 is 14.4 Å². The molecule has 1 N–H and O–H groups in total. The van der Waals surface area contributed by atoms with Gasteiger partial charge in [0.1, 0.15) is 0 Å². The van der Waals surface area contributed by atoms with Crippen LogP contribution in [0.4, 0.5) is 0 Å². The number of aryl methyl sites for hydroxylation is 1. The molecule has 0 aliphatic heterocycles. The molecule has 0 bridgehead atoms. The Morgan fingerprint density at radius 1 is 1.24 bits per heavy atom. The van der Waals surface area contributed by atoms with Gasteiger partial charge in [0.15, 0.2) is 11.6 Å². The van der Waals surface area contributed by atoms with Crippen molar-refractivity contribution in [2.75, 3.05) is 0 Å². The number of benzene rings is 1. The van der Waals surface area contributed by atoms with Crippen molar-refractivity contribution in [1.29, 1.82) is 0 Å². The number of amides is 1. The first-order valence-electron chi connectivity index (χ1n) is 7.87. The van der Waals surface area contributed by atoms with Crippen molar-refractivity contribution < 1.29 is 13.8 Å². The predicted molar refractivity (Wildman–Crippen MR) is 88.7 cm³/mol. The zero-order valence-electron chi connectivity index (χ0n) is 13.5. The highest BCUT2D eigenvalue weighted by Gasteiger charge is 2.53. The van der Waals surface area contributed by atoms with E-state index < -0.39 is 5.41 Å². The summed E-state index contributed by atoms with van der Waals surface area (Å²) < 4.78 is 10.4. The Morgan fingerprint density at radius 2 is 2.00 bits per heavy atom. The molecule has 1 saturated carbocycles. The highest BCUT2D eigenvalue weighted by atomic mass is 35.5. The van der Waals surface area contributed by atoms with Gasteiger partial charge in [-0.2, -0.15) is 4.98 Å². The van der Waals surface area contributed by atoms with Crippen molar-refractivity contribution in [2.24, 2.45) is 0 Å². The van der Waals surface area contributed by atoms with Crippen LogP contribution in [0, 0.1) is 6.92 Å². The van der Waals surface area contributed by atoms with Crippen LogP contribution in [0.5, 0.6) is 0 Å². The summed E-state index contributed by atoms with van der Waals surface area (Å²) in [6.07, 6.45) is 1.46. The van der Waals surface area contributed by atoms with Crippen molar-refractivity contribution in [3.8, 4) is 11.3 Å². The molecule has 25 heavy (non-hydrogen) atoms. The lowest BCUT2D eigenvalue weighted by Gasteiger charge is -2.10. The predicted octanol–water partition coefficient (Wildman–Crippen LogP) is 3.03. The van der Waals surface area contributed by atoms with Gasteiger partial charge in [-0.1, -0.05) is 21.9 Å². The minimum atomic E-state index is -0.636. The largest absolute Gasteiger partial charge is 0.356 e. The number of rotatable bonds is 5. The van der Waals surface area contributed by atoms with Gasteiger partial charge in [0.05, 0.1) is 17.7 Å². The molecule has 1 aromatic carbocycles. The first kappa shape index (κ1) is 15.8. The second kappa shape index (κ2) is 6.00. The summed E-state index contributed by atoms with van der Waals surface area (Å²) in [5.74, 6) is 1.41. The normalized spacial score (nSPS) is 15.1. The number of carbonyl (C=O) groups is 1. The van der Waals surface area contributed by atoms with Gasteiger partial charge in [-0.3, -0.25) is 4.79 Å². The summed E-state index contributed by atoms with van der Waals surface area (Å²) in [4.78, 5) is 16.7. The third-order valence-corrected chi connectivity index (χ3v) is 4.54. The Bertz CT molecular complexity index is 912. The molecule has 128 valence electrons. The molecule has 1 amide bonds. The summed E-state index contributed by atoms with van der Waals surface area (Å²) in [6.45, 7) is 1.92. The van der Waals surface area contributed by atoms with E-state index in [1.54, 1.807) is 19.1 Å². The zero-order valence-corrected chi connectivity index (χ0v) is 14.2. The number of hydrogen-bond donors (Lipinski definition) is 1. The highest BCUT2D eigenvalue weighted by molar-refractivity contribution is 6.30. The van der Waals surface area contributed by atoms with Gasteiger partial charge in [-0.15, -0.1) is 0 Å². The van der Waals surface area contributed by atoms with Crippen LogP contribution >= 0.6 is 11.6 Å². The molecule has 3 aromatic rings. The Balaban J connectivity index is 1.49. The fraction of sp³-hybridized carbons (Fsp3) is 0.294. The van der Waals surface area contributed by atoms with Crippen molar-refractivity contribution in [2.45, 2.75) is 31.7 Å². The summed E-state index contributed by atoms with van der Waals surface area (Å²) in [6, 6.07) is 9.08. The minimum absolute atomic E-state index is 0.112. The molecular weight excluding hydrogens is 344 g/mol. The van der Waals surface area contributed by atoms with Crippen LogP contribution in [0.25, 0.3) is 11.3 Å². The van der Waals surface area contributed by atoms with Gasteiger partial charge in [0, 0.05) is 16.7 Å². The molecule has 0 atom stereocenters. The lowest BCUT2D eigenvalue weighted by atomic mass is 10.0. The Hall–Kier alpha value is -2.67. The van der Waals surface area contributed by atoms with E-state index in [9.17, 15) is 4.79 Å². The Kier molecular flexibility index (Phi) is 3.80. The van der Waals surface area contributed by atoms with Crippen LogP contribution in [-0.2, 0) is 16.8 Å². The van der Waals surface area contributed by atoms with Gasteiger partial charge in [0.25, 0.3) is 0 Å². The van der Waals surface area contributed by atoms with E-state index in [2.05, 4.69) is 20.6 Å². The topological polar surface area (TPSA) is 94.1 Å². The molecule has 8 heteroatoms. The second-order valence-electron chi connectivity index (χ2n) is 6.08. The lowest BCUT2D eigenvalue weighted by molar-refractivity contribution is -0.124. The number of nitrogens with zero attached hydrogens (tertiary/aromatic N) is 3. The summed E-state index contributed by atoms with van der Waals surface area (Å²) in [7, 11) is 0. The smallest absolute Gasteiger partial charge is 0.246 e. The van der Waals surface area contributed by atoms with Crippen LogP contribution in [0.1, 0.15) is 30.3 Å². The van der Waals surface area contributed by atoms with E-state index in [4.69, 9.17) is 20.6 Å². The molecule has 1 aliphatic carbocycles. The molecule has 2 aromatic heterocycles. The maximum absolute atomic E-state index is 12.6. The summed E-state index contributed by atoms with van der Waals surface area (Å²) >= 11 is 5.90. The number of halogens is 1.